The molecule has 11 heteroatoms. The highest BCUT2D eigenvalue weighted by Gasteiger charge is 2.25. The second kappa shape index (κ2) is 13.2. The Morgan fingerprint density at radius 3 is 2.07 bits per heavy atom. The summed E-state index contributed by atoms with van der Waals surface area (Å²) < 4.78 is 7.55. The lowest BCUT2D eigenvalue weighted by molar-refractivity contribution is -0.124. The van der Waals surface area contributed by atoms with E-state index in [0.29, 0.717) is 42.8 Å². The summed E-state index contributed by atoms with van der Waals surface area (Å²) in [5.41, 5.74) is 2.20. The van der Waals surface area contributed by atoms with Crippen molar-refractivity contribution in [3.05, 3.63) is 98.1 Å². The lowest BCUT2D eigenvalue weighted by atomic mass is 10.0. The molecule has 2 amide bonds. The SMILES string of the molecule is Cc1c(C(=O)NCCNC(=O)CC(C)(C)Oc2ccc(Cl)cc2)nn(-c2ccc(Cl)cc2Cl)c1-c1ccc(Cl)cc1. The number of ether oxygens (including phenoxy) is 1. The van der Waals surface area contributed by atoms with Gasteiger partial charge in [0.2, 0.25) is 5.91 Å². The number of carbonyl (C=O) groups excluding carboxylic acids is 2. The van der Waals surface area contributed by atoms with Crippen LogP contribution in [0.1, 0.15) is 36.3 Å². The van der Waals surface area contributed by atoms with E-state index in [9.17, 15) is 9.59 Å². The maximum absolute atomic E-state index is 13.2. The molecule has 3 aromatic carbocycles. The molecule has 0 unspecified atom stereocenters. The van der Waals surface area contributed by atoms with E-state index in [0.717, 1.165) is 5.56 Å². The Morgan fingerprint density at radius 2 is 1.44 bits per heavy atom. The van der Waals surface area contributed by atoms with Crippen LogP contribution in [0.5, 0.6) is 5.75 Å². The average molecular weight is 634 g/mol. The molecule has 7 nitrogen and oxygen atoms in total. The van der Waals surface area contributed by atoms with E-state index >= 15 is 0 Å². The van der Waals surface area contributed by atoms with Crippen molar-refractivity contribution >= 4 is 58.2 Å². The molecular formula is C30H28Cl4N4O3. The summed E-state index contributed by atoms with van der Waals surface area (Å²) in [4.78, 5) is 25.7. The van der Waals surface area contributed by atoms with Crippen LogP contribution in [0.4, 0.5) is 0 Å². The van der Waals surface area contributed by atoms with Gasteiger partial charge in [-0.05, 0) is 75.4 Å². The number of carbonyl (C=O) groups is 2. The van der Waals surface area contributed by atoms with Crippen molar-refractivity contribution in [2.24, 2.45) is 0 Å². The molecule has 2 N–H and O–H groups in total. The van der Waals surface area contributed by atoms with Gasteiger partial charge in [-0.15, -0.1) is 0 Å². The van der Waals surface area contributed by atoms with Crippen LogP contribution in [0.15, 0.2) is 66.7 Å². The zero-order valence-electron chi connectivity index (χ0n) is 22.6. The van der Waals surface area contributed by atoms with Crippen molar-refractivity contribution in [3.8, 4) is 22.7 Å². The molecule has 1 heterocycles. The molecule has 41 heavy (non-hydrogen) atoms. The third-order valence-electron chi connectivity index (χ3n) is 6.12. The first-order valence-corrected chi connectivity index (χ1v) is 14.3. The number of hydrogen-bond acceptors (Lipinski definition) is 4. The highest BCUT2D eigenvalue weighted by molar-refractivity contribution is 6.35. The Morgan fingerprint density at radius 1 is 0.854 bits per heavy atom. The highest BCUT2D eigenvalue weighted by Crippen LogP contribution is 2.33. The lowest BCUT2D eigenvalue weighted by Crippen LogP contribution is -2.40. The number of benzene rings is 3. The topological polar surface area (TPSA) is 85.2 Å². The van der Waals surface area contributed by atoms with E-state index in [2.05, 4.69) is 15.7 Å². The number of hydrogen-bond donors (Lipinski definition) is 2. The molecule has 0 aliphatic carbocycles. The minimum Gasteiger partial charge on any atom is -0.487 e. The Kier molecular flexibility index (Phi) is 9.87. The molecule has 0 spiro atoms. The minimum absolute atomic E-state index is 0.124. The van der Waals surface area contributed by atoms with Gasteiger partial charge in [0, 0.05) is 39.3 Å². The van der Waals surface area contributed by atoms with Crippen molar-refractivity contribution in [2.75, 3.05) is 13.1 Å². The molecule has 0 saturated heterocycles. The molecule has 0 aliphatic heterocycles. The third kappa shape index (κ3) is 7.95. The third-order valence-corrected chi connectivity index (χ3v) is 7.16. The normalized spacial score (nSPS) is 11.3. The number of rotatable bonds is 10. The molecular weight excluding hydrogens is 606 g/mol. The van der Waals surface area contributed by atoms with Crippen LogP contribution in [-0.2, 0) is 4.79 Å². The standard InChI is InChI=1S/C30H28Cl4N4O3/c1-18-27(29(40)36-15-14-35-26(39)17-30(2,3)41-23-11-8-21(32)9-12-23)37-38(25-13-10-22(33)16-24(25)34)28(18)19-4-6-20(31)7-5-19/h4-13,16H,14-15,17H2,1-3H3,(H,35,39)(H,36,40). The first-order valence-electron chi connectivity index (χ1n) is 12.7. The first-order chi connectivity index (χ1) is 19.4. The van der Waals surface area contributed by atoms with Crippen LogP contribution in [0.2, 0.25) is 20.1 Å². The minimum atomic E-state index is -0.744. The van der Waals surface area contributed by atoms with E-state index < -0.39 is 5.60 Å². The number of nitrogens with one attached hydrogen (secondary N) is 2. The average Bonchev–Trinajstić information content (AvgIpc) is 3.24. The van der Waals surface area contributed by atoms with Gasteiger partial charge >= 0.3 is 0 Å². The van der Waals surface area contributed by atoms with Crippen LogP contribution in [-0.4, -0.2) is 40.3 Å². The zero-order chi connectivity index (χ0) is 29.7. The van der Waals surface area contributed by atoms with Crippen LogP contribution >= 0.6 is 46.4 Å². The van der Waals surface area contributed by atoms with Gasteiger partial charge in [-0.2, -0.15) is 5.10 Å². The summed E-state index contributed by atoms with van der Waals surface area (Å²) in [6, 6.07) is 19.2. The fraction of sp³-hybridized carbons (Fsp3) is 0.233. The number of nitrogens with zero attached hydrogens (tertiary/aromatic N) is 2. The van der Waals surface area contributed by atoms with Crippen molar-refractivity contribution in [1.82, 2.24) is 20.4 Å². The zero-order valence-corrected chi connectivity index (χ0v) is 25.6. The highest BCUT2D eigenvalue weighted by atomic mass is 35.5. The maximum Gasteiger partial charge on any atom is 0.272 e. The molecule has 0 radical (unpaired) electrons. The smallest absolute Gasteiger partial charge is 0.272 e. The quantitative estimate of drug-likeness (QED) is 0.177. The predicted octanol–water partition coefficient (Wildman–Crippen LogP) is 7.56. The number of amides is 2. The van der Waals surface area contributed by atoms with Gasteiger partial charge < -0.3 is 15.4 Å². The summed E-state index contributed by atoms with van der Waals surface area (Å²) in [7, 11) is 0. The van der Waals surface area contributed by atoms with Gasteiger partial charge in [0.15, 0.2) is 5.69 Å². The van der Waals surface area contributed by atoms with E-state index in [1.807, 2.05) is 32.9 Å². The predicted molar refractivity (Wildman–Crippen MR) is 165 cm³/mol. The van der Waals surface area contributed by atoms with Crippen LogP contribution in [0.3, 0.4) is 0 Å². The largest absolute Gasteiger partial charge is 0.487 e. The van der Waals surface area contributed by atoms with Gasteiger partial charge in [0.05, 0.1) is 22.8 Å². The molecule has 214 valence electrons. The van der Waals surface area contributed by atoms with Crippen molar-refractivity contribution < 1.29 is 14.3 Å². The summed E-state index contributed by atoms with van der Waals surface area (Å²) >= 11 is 24.6. The Bertz CT molecular complexity index is 1550. The molecule has 0 bridgehead atoms. The summed E-state index contributed by atoms with van der Waals surface area (Å²) in [6.45, 7) is 5.90. The lowest BCUT2D eigenvalue weighted by Gasteiger charge is -2.26. The Labute approximate surface area is 258 Å². The summed E-state index contributed by atoms with van der Waals surface area (Å²) in [6.07, 6.45) is 0.124. The van der Waals surface area contributed by atoms with Gasteiger partial charge in [-0.3, -0.25) is 9.59 Å². The molecule has 4 rings (SSSR count). The van der Waals surface area contributed by atoms with Crippen molar-refractivity contribution in [1.29, 1.82) is 0 Å². The molecule has 0 saturated carbocycles. The first kappa shape index (κ1) is 30.7. The molecule has 4 aromatic rings. The Hall–Kier alpha value is -3.23. The van der Waals surface area contributed by atoms with Gasteiger partial charge in [0.1, 0.15) is 11.4 Å². The molecule has 0 fully saturated rings. The van der Waals surface area contributed by atoms with E-state index in [-0.39, 0.29) is 37.0 Å². The van der Waals surface area contributed by atoms with Crippen LogP contribution in [0.25, 0.3) is 16.9 Å². The van der Waals surface area contributed by atoms with E-state index in [4.69, 9.17) is 51.1 Å². The van der Waals surface area contributed by atoms with Crippen LogP contribution in [0, 0.1) is 6.92 Å². The van der Waals surface area contributed by atoms with Crippen molar-refractivity contribution in [3.63, 3.8) is 0 Å². The van der Waals surface area contributed by atoms with Crippen LogP contribution < -0.4 is 15.4 Å². The summed E-state index contributed by atoms with van der Waals surface area (Å²) in [5, 5.41) is 12.3. The van der Waals surface area contributed by atoms with Gasteiger partial charge in [-0.1, -0.05) is 58.5 Å². The van der Waals surface area contributed by atoms with Crippen molar-refractivity contribution in [2.45, 2.75) is 32.8 Å². The molecule has 1 aromatic heterocycles. The molecule has 0 aliphatic rings. The Balaban J connectivity index is 1.42. The second-order valence-corrected chi connectivity index (χ2v) is 11.7. The van der Waals surface area contributed by atoms with Gasteiger partial charge in [0.25, 0.3) is 5.91 Å². The fourth-order valence-corrected chi connectivity index (χ4v) is 4.99. The fourth-order valence-electron chi connectivity index (χ4n) is 4.25. The molecule has 0 atom stereocenters. The van der Waals surface area contributed by atoms with E-state index in [1.54, 1.807) is 59.3 Å². The van der Waals surface area contributed by atoms with Gasteiger partial charge in [-0.25, -0.2) is 4.68 Å². The number of aromatic nitrogens is 2. The summed E-state index contributed by atoms with van der Waals surface area (Å²) in [5.74, 6) is 0.0235. The monoisotopic (exact) mass is 632 g/mol. The second-order valence-electron chi connectivity index (χ2n) is 9.93. The maximum atomic E-state index is 13.2. The van der Waals surface area contributed by atoms with E-state index in [1.165, 1.54) is 0 Å². The number of halogens is 4.